The Morgan fingerprint density at radius 2 is 1.28 bits per heavy atom. The van der Waals surface area contributed by atoms with Gasteiger partial charge in [0.2, 0.25) is 11.8 Å². The Morgan fingerprint density at radius 3 is 1.78 bits per heavy atom. The number of nitrogens with zero attached hydrogens (tertiary/aromatic N) is 1. The first kappa shape index (κ1) is 31.4. The molecule has 0 aromatic rings. The number of nitrogens with one attached hydrogen (secondary N) is 2. The molecule has 0 spiro atoms. The predicted octanol–water partition coefficient (Wildman–Crippen LogP) is -0.396. The second kappa shape index (κ2) is 18.6. The van der Waals surface area contributed by atoms with Crippen LogP contribution in [-0.2, 0) is 42.9 Å². The van der Waals surface area contributed by atoms with Crippen LogP contribution in [0.25, 0.3) is 0 Å². The van der Waals surface area contributed by atoms with Crippen molar-refractivity contribution in [1.82, 2.24) is 15.5 Å². The molecule has 12 nitrogen and oxygen atoms in total. The van der Waals surface area contributed by atoms with Crippen molar-refractivity contribution in [3.8, 4) is 0 Å². The van der Waals surface area contributed by atoms with Crippen LogP contribution in [0.2, 0.25) is 0 Å². The molecule has 0 bridgehead atoms. The van der Waals surface area contributed by atoms with Gasteiger partial charge < -0.3 is 29.6 Å². The first-order valence-corrected chi connectivity index (χ1v) is 12.1. The van der Waals surface area contributed by atoms with Crippen LogP contribution in [0.15, 0.2) is 12.2 Å². The summed E-state index contributed by atoms with van der Waals surface area (Å²) in [6.45, 7) is 8.43. The van der Waals surface area contributed by atoms with Crippen molar-refractivity contribution in [2.45, 2.75) is 39.7 Å². The van der Waals surface area contributed by atoms with Crippen molar-refractivity contribution < 1.29 is 42.9 Å². The second-order valence-corrected chi connectivity index (χ2v) is 8.36. The predicted molar refractivity (Wildman–Crippen MR) is 129 cm³/mol. The lowest BCUT2D eigenvalue weighted by atomic mass is 10.0. The van der Waals surface area contributed by atoms with Gasteiger partial charge in [0, 0.05) is 38.1 Å². The molecule has 2 N–H and O–H groups in total. The van der Waals surface area contributed by atoms with E-state index in [0.29, 0.717) is 52.8 Å². The van der Waals surface area contributed by atoms with Crippen LogP contribution in [0.4, 0.5) is 0 Å². The molecule has 0 radical (unpaired) electrons. The van der Waals surface area contributed by atoms with Crippen LogP contribution in [0, 0.1) is 5.92 Å². The molecule has 0 aromatic carbocycles. The third-order valence-electron chi connectivity index (χ3n) is 5.04. The van der Waals surface area contributed by atoms with E-state index in [4.69, 9.17) is 18.9 Å². The quantitative estimate of drug-likeness (QED) is 0.154. The first-order chi connectivity index (χ1) is 17.2. The third kappa shape index (κ3) is 14.0. The molecule has 0 aromatic heterocycles. The highest BCUT2D eigenvalue weighted by atomic mass is 16.6. The molecular formula is C24H39N3O9. The summed E-state index contributed by atoms with van der Waals surface area (Å²) < 4.78 is 21.5. The summed E-state index contributed by atoms with van der Waals surface area (Å²) in [5.41, 5.74) is 0. The highest BCUT2D eigenvalue weighted by Crippen LogP contribution is 2.04. The highest BCUT2D eigenvalue weighted by Gasteiger charge is 2.23. The third-order valence-corrected chi connectivity index (χ3v) is 5.04. The smallest absolute Gasteiger partial charge is 0.253 e. The Morgan fingerprint density at radius 1 is 0.778 bits per heavy atom. The van der Waals surface area contributed by atoms with E-state index in [1.165, 1.54) is 19.1 Å². The van der Waals surface area contributed by atoms with Crippen molar-refractivity contribution in [2.24, 2.45) is 5.92 Å². The van der Waals surface area contributed by atoms with Crippen LogP contribution in [0.5, 0.6) is 0 Å². The zero-order valence-corrected chi connectivity index (χ0v) is 21.4. The maximum Gasteiger partial charge on any atom is 0.253 e. The average Bonchev–Trinajstić information content (AvgIpc) is 3.15. The first-order valence-electron chi connectivity index (χ1n) is 12.1. The minimum Gasteiger partial charge on any atom is -0.379 e. The molecule has 0 fully saturated rings. The molecule has 0 aliphatic carbocycles. The highest BCUT2D eigenvalue weighted by molar-refractivity contribution is 6.13. The Balaban J connectivity index is 1.84. The number of imide groups is 1. The SMILES string of the molecule is CC(=O)[C@@H](NC(=O)CCOCCOCCOCCOCCNC(=O)CCN1C(=O)C=CC1=O)C(C)C. The van der Waals surface area contributed by atoms with Crippen LogP contribution >= 0.6 is 0 Å². The molecule has 0 saturated carbocycles. The number of ketones is 1. The average molecular weight is 514 g/mol. The van der Waals surface area contributed by atoms with Crippen LogP contribution in [0.3, 0.4) is 0 Å². The molecule has 0 saturated heterocycles. The van der Waals surface area contributed by atoms with E-state index in [-0.39, 0.29) is 49.5 Å². The number of carbonyl (C=O) groups excluding carboxylic acids is 5. The van der Waals surface area contributed by atoms with Crippen molar-refractivity contribution in [1.29, 1.82) is 0 Å². The van der Waals surface area contributed by atoms with E-state index in [2.05, 4.69) is 10.6 Å². The lowest BCUT2D eigenvalue weighted by molar-refractivity contribution is -0.137. The molecular weight excluding hydrogens is 474 g/mol. The topological polar surface area (TPSA) is 150 Å². The van der Waals surface area contributed by atoms with Gasteiger partial charge in [0.25, 0.3) is 11.8 Å². The number of ether oxygens (including phenoxy) is 4. The Hall–Kier alpha value is -2.67. The molecule has 204 valence electrons. The summed E-state index contributed by atoms with van der Waals surface area (Å²) in [5.74, 6) is -1.31. The van der Waals surface area contributed by atoms with Gasteiger partial charge in [-0.15, -0.1) is 0 Å². The number of hydrogen-bond donors (Lipinski definition) is 2. The van der Waals surface area contributed by atoms with E-state index in [1.807, 2.05) is 13.8 Å². The fraction of sp³-hybridized carbons (Fsp3) is 0.708. The fourth-order valence-electron chi connectivity index (χ4n) is 3.13. The molecule has 4 amide bonds. The normalized spacial score (nSPS) is 13.9. The molecule has 0 unspecified atom stereocenters. The monoisotopic (exact) mass is 513 g/mol. The van der Waals surface area contributed by atoms with Gasteiger partial charge in [0.15, 0.2) is 5.78 Å². The van der Waals surface area contributed by atoms with Gasteiger partial charge in [-0.2, -0.15) is 0 Å². The number of carbonyl (C=O) groups is 5. The summed E-state index contributed by atoms with van der Waals surface area (Å²) in [5, 5.41) is 5.37. The summed E-state index contributed by atoms with van der Waals surface area (Å²) in [6.07, 6.45) is 2.60. The van der Waals surface area contributed by atoms with Crippen LogP contribution in [0.1, 0.15) is 33.6 Å². The van der Waals surface area contributed by atoms with E-state index in [0.717, 1.165) is 4.90 Å². The van der Waals surface area contributed by atoms with Crippen LogP contribution in [-0.4, -0.2) is 106 Å². The minimum atomic E-state index is -0.470. The number of Topliss-reactive ketones (excluding diaryl/α,β-unsaturated/α-hetero) is 1. The van der Waals surface area contributed by atoms with Gasteiger partial charge in [-0.05, 0) is 12.8 Å². The lowest BCUT2D eigenvalue weighted by Crippen LogP contribution is -2.43. The molecule has 1 heterocycles. The van der Waals surface area contributed by atoms with E-state index >= 15 is 0 Å². The van der Waals surface area contributed by atoms with Gasteiger partial charge in [-0.25, -0.2) is 0 Å². The lowest BCUT2D eigenvalue weighted by Gasteiger charge is -2.19. The van der Waals surface area contributed by atoms with Gasteiger partial charge in [0.05, 0.1) is 58.9 Å². The second-order valence-electron chi connectivity index (χ2n) is 8.36. The fourth-order valence-corrected chi connectivity index (χ4v) is 3.13. The van der Waals surface area contributed by atoms with Gasteiger partial charge in [-0.3, -0.25) is 28.9 Å². The van der Waals surface area contributed by atoms with Crippen molar-refractivity contribution >= 4 is 29.4 Å². The van der Waals surface area contributed by atoms with E-state index < -0.39 is 17.9 Å². The molecule has 1 atom stereocenters. The summed E-state index contributed by atoms with van der Waals surface area (Å²) >= 11 is 0. The van der Waals surface area contributed by atoms with Crippen molar-refractivity contribution in [2.75, 3.05) is 65.9 Å². The summed E-state index contributed by atoms with van der Waals surface area (Å²) in [4.78, 5) is 58.9. The Labute approximate surface area is 212 Å². The molecule has 1 rings (SSSR count). The largest absolute Gasteiger partial charge is 0.379 e. The minimum absolute atomic E-state index is 0.0413. The maximum atomic E-state index is 11.9. The zero-order chi connectivity index (χ0) is 26.8. The van der Waals surface area contributed by atoms with Crippen molar-refractivity contribution in [3.63, 3.8) is 0 Å². The number of amides is 4. The number of hydrogen-bond acceptors (Lipinski definition) is 9. The van der Waals surface area contributed by atoms with Gasteiger partial charge >= 0.3 is 0 Å². The summed E-state index contributed by atoms with van der Waals surface area (Å²) in [6, 6.07) is -0.470. The molecule has 36 heavy (non-hydrogen) atoms. The van der Waals surface area contributed by atoms with Gasteiger partial charge in [0.1, 0.15) is 0 Å². The molecule has 1 aliphatic heterocycles. The van der Waals surface area contributed by atoms with Crippen molar-refractivity contribution in [3.05, 3.63) is 12.2 Å². The maximum absolute atomic E-state index is 11.9. The summed E-state index contributed by atoms with van der Waals surface area (Å²) in [7, 11) is 0. The van der Waals surface area contributed by atoms with E-state index in [9.17, 15) is 24.0 Å². The van der Waals surface area contributed by atoms with Gasteiger partial charge in [-0.1, -0.05) is 13.8 Å². The molecule has 1 aliphatic rings. The number of rotatable bonds is 21. The molecule has 12 heteroatoms. The zero-order valence-electron chi connectivity index (χ0n) is 21.4. The van der Waals surface area contributed by atoms with Crippen LogP contribution < -0.4 is 10.6 Å². The standard InChI is InChI=1S/C24H39N3O9/c1-18(2)24(19(3)28)26-21(30)7-10-33-12-14-35-16-17-36-15-13-34-11-8-25-20(29)6-9-27-22(31)4-5-23(27)32/h4-5,18,24H,6-17H2,1-3H3,(H,25,29)(H,26,30)/t24-/m0/s1. The Kier molecular flexibility index (Phi) is 16.2. The Bertz CT molecular complexity index is 737. The van der Waals surface area contributed by atoms with E-state index in [1.54, 1.807) is 0 Å².